The molecule has 6 heteroatoms. The maximum absolute atomic E-state index is 11.6. The Hall–Kier alpha value is -1.36. The number of carbonyl (C=O) groups is 1. The molecule has 0 unspecified atom stereocenters. The van der Waals surface area contributed by atoms with Crippen LogP contribution in [0.5, 0.6) is 0 Å². The number of hydrogen-bond donors (Lipinski definition) is 0. The number of carbonyl (C=O) groups excluding carboxylic acids is 1. The molecule has 0 radical (unpaired) electrons. The van der Waals surface area contributed by atoms with Crippen molar-refractivity contribution in [2.75, 3.05) is 19.0 Å². The van der Waals surface area contributed by atoms with Gasteiger partial charge in [-0.3, -0.25) is 4.79 Å². The third-order valence-corrected chi connectivity index (χ3v) is 3.50. The highest BCUT2D eigenvalue weighted by Crippen LogP contribution is 2.21. The Bertz CT molecular complexity index is 481. The number of alkyl halides is 1. The molecule has 0 aliphatic carbocycles. The van der Waals surface area contributed by atoms with E-state index >= 15 is 0 Å². The van der Waals surface area contributed by atoms with Crippen molar-refractivity contribution < 1.29 is 4.79 Å². The summed E-state index contributed by atoms with van der Waals surface area (Å²) in [7, 11) is 0. The Balaban J connectivity index is 2.05. The summed E-state index contributed by atoms with van der Waals surface area (Å²) >= 11 is 5.60. The van der Waals surface area contributed by atoms with Crippen LogP contribution in [0.25, 0.3) is 5.57 Å². The topological polar surface area (TPSA) is 51.0 Å². The van der Waals surface area contributed by atoms with Gasteiger partial charge < -0.3 is 4.90 Å². The van der Waals surface area contributed by atoms with Gasteiger partial charge in [-0.25, -0.2) is 4.68 Å². The molecule has 19 heavy (non-hydrogen) atoms. The first-order valence-electron chi connectivity index (χ1n) is 6.56. The van der Waals surface area contributed by atoms with E-state index in [0.29, 0.717) is 12.6 Å². The molecule has 1 amide bonds. The smallest absolute Gasteiger partial charge is 0.237 e. The highest BCUT2D eigenvalue weighted by molar-refractivity contribution is 6.27. The molecule has 0 fully saturated rings. The summed E-state index contributed by atoms with van der Waals surface area (Å²) in [6.07, 6.45) is 5.76. The Morgan fingerprint density at radius 3 is 2.89 bits per heavy atom. The Kier molecular flexibility index (Phi) is 4.58. The van der Waals surface area contributed by atoms with Crippen molar-refractivity contribution in [3.63, 3.8) is 0 Å². The first-order chi connectivity index (χ1) is 9.11. The van der Waals surface area contributed by atoms with E-state index in [1.54, 1.807) is 0 Å². The molecule has 0 aromatic carbocycles. The SMILES string of the molecule is CC(C)n1cc(C2=CCCN(C(=O)CCl)CC2)nn1. The molecule has 2 heterocycles. The Morgan fingerprint density at radius 1 is 1.47 bits per heavy atom. The van der Waals surface area contributed by atoms with Gasteiger partial charge in [-0.1, -0.05) is 11.3 Å². The van der Waals surface area contributed by atoms with Crippen molar-refractivity contribution in [1.29, 1.82) is 0 Å². The standard InChI is InChI=1S/C13H19ClN4O/c1-10(2)18-9-12(15-16-18)11-4-3-6-17(7-5-11)13(19)8-14/h4,9-10H,3,5-8H2,1-2H3. The largest absolute Gasteiger partial charge is 0.341 e. The predicted octanol–water partition coefficient (Wildman–Crippen LogP) is 2.10. The van der Waals surface area contributed by atoms with E-state index < -0.39 is 0 Å². The van der Waals surface area contributed by atoms with Gasteiger partial charge in [0, 0.05) is 19.1 Å². The van der Waals surface area contributed by atoms with E-state index in [9.17, 15) is 4.79 Å². The first-order valence-corrected chi connectivity index (χ1v) is 7.10. The normalized spacial score (nSPS) is 16.4. The van der Waals surface area contributed by atoms with Crippen LogP contribution in [-0.2, 0) is 4.79 Å². The van der Waals surface area contributed by atoms with Gasteiger partial charge in [0.05, 0.1) is 6.20 Å². The maximum atomic E-state index is 11.6. The molecule has 1 aromatic heterocycles. The fourth-order valence-corrected chi connectivity index (χ4v) is 2.28. The zero-order chi connectivity index (χ0) is 13.8. The summed E-state index contributed by atoms with van der Waals surface area (Å²) in [6, 6.07) is 0.307. The van der Waals surface area contributed by atoms with Gasteiger partial charge in [0.15, 0.2) is 0 Å². The van der Waals surface area contributed by atoms with E-state index in [0.717, 1.165) is 30.7 Å². The number of hydrogen-bond acceptors (Lipinski definition) is 3. The molecular formula is C13H19ClN4O. The lowest BCUT2D eigenvalue weighted by atomic mass is 10.1. The number of rotatable bonds is 3. The van der Waals surface area contributed by atoms with Crippen LogP contribution in [0.15, 0.2) is 12.3 Å². The molecule has 0 N–H and O–H groups in total. The van der Waals surface area contributed by atoms with Crippen LogP contribution in [0.2, 0.25) is 0 Å². The van der Waals surface area contributed by atoms with Gasteiger partial charge in [-0.2, -0.15) is 0 Å². The number of nitrogens with zero attached hydrogens (tertiary/aromatic N) is 4. The highest BCUT2D eigenvalue weighted by Gasteiger charge is 2.17. The lowest BCUT2D eigenvalue weighted by Gasteiger charge is -2.18. The molecular weight excluding hydrogens is 264 g/mol. The zero-order valence-electron chi connectivity index (χ0n) is 11.3. The molecule has 0 spiro atoms. The van der Waals surface area contributed by atoms with Crippen LogP contribution in [0.4, 0.5) is 0 Å². The van der Waals surface area contributed by atoms with Crippen molar-refractivity contribution in [3.8, 4) is 0 Å². The van der Waals surface area contributed by atoms with E-state index in [1.807, 2.05) is 15.8 Å². The van der Waals surface area contributed by atoms with Crippen LogP contribution < -0.4 is 0 Å². The van der Waals surface area contributed by atoms with Crippen LogP contribution in [-0.4, -0.2) is 44.8 Å². The second-order valence-corrected chi connectivity index (χ2v) is 5.23. The molecule has 0 atom stereocenters. The lowest BCUT2D eigenvalue weighted by Crippen LogP contribution is -2.32. The van der Waals surface area contributed by atoms with Crippen molar-refractivity contribution in [2.45, 2.75) is 32.7 Å². The van der Waals surface area contributed by atoms with Crippen molar-refractivity contribution in [1.82, 2.24) is 19.9 Å². The number of amides is 1. The summed E-state index contributed by atoms with van der Waals surface area (Å²) < 4.78 is 1.85. The van der Waals surface area contributed by atoms with Crippen LogP contribution in [0.3, 0.4) is 0 Å². The van der Waals surface area contributed by atoms with Gasteiger partial charge in [-0.05, 0) is 32.3 Å². The van der Waals surface area contributed by atoms with E-state index in [4.69, 9.17) is 11.6 Å². The Morgan fingerprint density at radius 2 is 2.26 bits per heavy atom. The minimum absolute atomic E-state index is 0.00199. The van der Waals surface area contributed by atoms with Crippen LogP contribution in [0.1, 0.15) is 38.4 Å². The van der Waals surface area contributed by atoms with Gasteiger partial charge >= 0.3 is 0 Å². The summed E-state index contributed by atoms with van der Waals surface area (Å²) in [5.41, 5.74) is 2.07. The average molecular weight is 283 g/mol. The fraction of sp³-hybridized carbons (Fsp3) is 0.615. The second-order valence-electron chi connectivity index (χ2n) is 4.96. The van der Waals surface area contributed by atoms with Gasteiger partial charge in [0.1, 0.15) is 11.6 Å². The highest BCUT2D eigenvalue weighted by atomic mass is 35.5. The average Bonchev–Trinajstić information content (AvgIpc) is 2.77. The first kappa shape index (κ1) is 14.1. The maximum Gasteiger partial charge on any atom is 0.237 e. The third-order valence-electron chi connectivity index (χ3n) is 3.28. The monoisotopic (exact) mass is 282 g/mol. The van der Waals surface area contributed by atoms with Crippen molar-refractivity contribution >= 4 is 23.1 Å². The van der Waals surface area contributed by atoms with Crippen LogP contribution >= 0.6 is 11.6 Å². The minimum atomic E-state index is 0.00199. The predicted molar refractivity (Wildman–Crippen MR) is 74.9 cm³/mol. The van der Waals surface area contributed by atoms with Crippen molar-refractivity contribution in [2.24, 2.45) is 0 Å². The summed E-state index contributed by atoms with van der Waals surface area (Å²) in [6.45, 7) is 5.57. The number of aromatic nitrogens is 3. The quantitative estimate of drug-likeness (QED) is 0.798. The zero-order valence-corrected chi connectivity index (χ0v) is 12.1. The molecule has 1 aliphatic heterocycles. The molecule has 1 aliphatic rings. The fourth-order valence-electron chi connectivity index (χ4n) is 2.11. The van der Waals surface area contributed by atoms with Gasteiger partial charge in [0.2, 0.25) is 5.91 Å². The summed E-state index contributed by atoms with van der Waals surface area (Å²) in [4.78, 5) is 13.4. The lowest BCUT2D eigenvalue weighted by molar-refractivity contribution is -0.128. The molecule has 5 nitrogen and oxygen atoms in total. The molecule has 1 aromatic rings. The second kappa shape index (κ2) is 6.19. The van der Waals surface area contributed by atoms with E-state index in [1.165, 1.54) is 0 Å². The number of halogens is 1. The minimum Gasteiger partial charge on any atom is -0.341 e. The Labute approximate surface area is 118 Å². The molecule has 0 bridgehead atoms. The van der Waals surface area contributed by atoms with Gasteiger partial charge in [-0.15, -0.1) is 16.7 Å². The molecule has 2 rings (SSSR count). The van der Waals surface area contributed by atoms with E-state index in [2.05, 4.69) is 30.2 Å². The summed E-state index contributed by atoms with van der Waals surface area (Å²) in [5.74, 6) is 0.0564. The van der Waals surface area contributed by atoms with E-state index in [-0.39, 0.29) is 11.8 Å². The summed E-state index contributed by atoms with van der Waals surface area (Å²) in [5, 5.41) is 8.32. The molecule has 0 saturated heterocycles. The van der Waals surface area contributed by atoms with Crippen LogP contribution in [0, 0.1) is 0 Å². The molecule has 104 valence electrons. The van der Waals surface area contributed by atoms with Gasteiger partial charge in [0.25, 0.3) is 0 Å². The van der Waals surface area contributed by atoms with Crippen molar-refractivity contribution in [3.05, 3.63) is 18.0 Å². The molecule has 0 saturated carbocycles. The third kappa shape index (κ3) is 3.35.